The van der Waals surface area contributed by atoms with Crippen LogP contribution in [0, 0.1) is 0 Å². The van der Waals surface area contributed by atoms with Crippen LogP contribution in [0.3, 0.4) is 0 Å². The van der Waals surface area contributed by atoms with Crippen molar-refractivity contribution in [2.45, 2.75) is 25.3 Å². The number of aryl methyl sites for hydroxylation is 1. The number of hydrogen-bond acceptors (Lipinski definition) is 2. The lowest BCUT2D eigenvalue weighted by molar-refractivity contribution is -0.137. The topological polar surface area (TPSA) is 63.3 Å². The fourth-order valence-corrected chi connectivity index (χ4v) is 1.32. The minimum atomic E-state index is -0.828. The van der Waals surface area contributed by atoms with E-state index in [1.54, 1.807) is 0 Å². The van der Waals surface area contributed by atoms with E-state index in [-0.39, 0.29) is 12.5 Å². The smallest absolute Gasteiger partial charge is 0.304 e. The molecule has 0 saturated carbocycles. The third kappa shape index (κ3) is 4.05. The van der Waals surface area contributed by atoms with E-state index in [2.05, 4.69) is 0 Å². The summed E-state index contributed by atoms with van der Waals surface area (Å²) in [6.07, 6.45) is 1.61. The molecule has 3 N–H and O–H groups in total. The molecule has 0 amide bonds. The molecule has 0 aliphatic carbocycles. The van der Waals surface area contributed by atoms with Crippen LogP contribution < -0.4 is 5.73 Å². The highest BCUT2D eigenvalue weighted by molar-refractivity contribution is 5.67. The van der Waals surface area contributed by atoms with Crippen molar-refractivity contribution in [3.8, 4) is 0 Å². The molecule has 0 heterocycles. The van der Waals surface area contributed by atoms with Crippen LogP contribution in [0.25, 0.3) is 0 Å². The Morgan fingerprint density at radius 2 is 2.00 bits per heavy atom. The summed E-state index contributed by atoms with van der Waals surface area (Å²) in [5.41, 5.74) is 6.84. The zero-order valence-corrected chi connectivity index (χ0v) is 8.02. The number of aliphatic carboxylic acids is 1. The standard InChI is InChI=1S/C11H15NO2/c12-10(8-11(13)14)7-6-9-4-2-1-3-5-9/h1-5,10H,6-8,12H2,(H,13,14). The average molecular weight is 193 g/mol. The fraction of sp³-hybridized carbons (Fsp3) is 0.364. The summed E-state index contributed by atoms with van der Waals surface area (Å²) in [5.74, 6) is -0.828. The molecule has 0 fully saturated rings. The highest BCUT2D eigenvalue weighted by Crippen LogP contribution is 2.05. The maximum Gasteiger partial charge on any atom is 0.304 e. The third-order valence-corrected chi connectivity index (χ3v) is 2.08. The summed E-state index contributed by atoms with van der Waals surface area (Å²) in [6, 6.07) is 9.70. The number of rotatable bonds is 5. The molecular weight excluding hydrogens is 178 g/mol. The van der Waals surface area contributed by atoms with Gasteiger partial charge in [0.1, 0.15) is 0 Å². The highest BCUT2D eigenvalue weighted by Gasteiger charge is 2.07. The van der Waals surface area contributed by atoms with Crippen LogP contribution in [-0.2, 0) is 11.2 Å². The number of carboxylic acid groups (broad SMARTS) is 1. The first-order valence-electron chi connectivity index (χ1n) is 4.70. The molecule has 0 spiro atoms. The number of benzene rings is 1. The zero-order valence-electron chi connectivity index (χ0n) is 8.02. The second-order valence-corrected chi connectivity index (χ2v) is 3.38. The Bertz CT molecular complexity index is 285. The Balaban J connectivity index is 2.30. The van der Waals surface area contributed by atoms with Crippen molar-refractivity contribution in [2.75, 3.05) is 0 Å². The van der Waals surface area contributed by atoms with Crippen molar-refractivity contribution in [3.63, 3.8) is 0 Å². The summed E-state index contributed by atoms with van der Waals surface area (Å²) >= 11 is 0. The molecule has 1 rings (SSSR count). The lowest BCUT2D eigenvalue weighted by Crippen LogP contribution is -2.24. The second kappa shape index (κ2) is 5.40. The molecule has 0 radical (unpaired) electrons. The first-order valence-corrected chi connectivity index (χ1v) is 4.70. The van der Waals surface area contributed by atoms with Gasteiger partial charge in [-0.1, -0.05) is 30.3 Å². The zero-order chi connectivity index (χ0) is 10.4. The van der Waals surface area contributed by atoms with Gasteiger partial charge in [-0.3, -0.25) is 4.79 Å². The van der Waals surface area contributed by atoms with Gasteiger partial charge in [0.2, 0.25) is 0 Å². The van der Waals surface area contributed by atoms with E-state index in [0.29, 0.717) is 0 Å². The highest BCUT2D eigenvalue weighted by atomic mass is 16.4. The van der Waals surface area contributed by atoms with E-state index in [1.807, 2.05) is 30.3 Å². The van der Waals surface area contributed by atoms with Crippen molar-refractivity contribution in [1.29, 1.82) is 0 Å². The molecule has 0 saturated heterocycles. The van der Waals surface area contributed by atoms with E-state index in [4.69, 9.17) is 10.8 Å². The lowest BCUT2D eigenvalue weighted by Gasteiger charge is -2.08. The molecule has 76 valence electrons. The van der Waals surface area contributed by atoms with Crippen LogP contribution in [0.2, 0.25) is 0 Å². The van der Waals surface area contributed by atoms with E-state index in [1.165, 1.54) is 5.56 Å². The number of nitrogens with two attached hydrogens (primary N) is 1. The van der Waals surface area contributed by atoms with Crippen LogP contribution in [-0.4, -0.2) is 17.1 Å². The number of carboxylic acids is 1. The van der Waals surface area contributed by atoms with Crippen LogP contribution in [0.15, 0.2) is 30.3 Å². The van der Waals surface area contributed by atoms with Crippen LogP contribution in [0.5, 0.6) is 0 Å². The number of carbonyl (C=O) groups is 1. The van der Waals surface area contributed by atoms with Crippen molar-refractivity contribution in [2.24, 2.45) is 5.73 Å². The fourth-order valence-electron chi connectivity index (χ4n) is 1.32. The van der Waals surface area contributed by atoms with Gasteiger partial charge in [-0.15, -0.1) is 0 Å². The Morgan fingerprint density at radius 3 is 2.57 bits per heavy atom. The molecule has 0 bridgehead atoms. The molecular formula is C11H15NO2. The maximum atomic E-state index is 10.3. The van der Waals surface area contributed by atoms with Gasteiger partial charge in [0.15, 0.2) is 0 Å². The van der Waals surface area contributed by atoms with Gasteiger partial charge < -0.3 is 10.8 Å². The minimum Gasteiger partial charge on any atom is -0.481 e. The minimum absolute atomic E-state index is 0.0484. The molecule has 1 atom stereocenters. The van der Waals surface area contributed by atoms with Crippen LogP contribution in [0.1, 0.15) is 18.4 Å². The lowest BCUT2D eigenvalue weighted by atomic mass is 10.0. The van der Waals surface area contributed by atoms with Crippen molar-refractivity contribution >= 4 is 5.97 Å². The normalized spacial score (nSPS) is 12.4. The van der Waals surface area contributed by atoms with Crippen molar-refractivity contribution in [3.05, 3.63) is 35.9 Å². The van der Waals surface area contributed by atoms with Gasteiger partial charge in [-0.25, -0.2) is 0 Å². The molecule has 0 aliphatic heterocycles. The Morgan fingerprint density at radius 1 is 1.36 bits per heavy atom. The molecule has 1 unspecified atom stereocenters. The van der Waals surface area contributed by atoms with Gasteiger partial charge in [0.25, 0.3) is 0 Å². The molecule has 0 aliphatic rings. The molecule has 3 heteroatoms. The molecule has 0 aromatic heterocycles. The van der Waals surface area contributed by atoms with Crippen molar-refractivity contribution < 1.29 is 9.90 Å². The Kier molecular flexibility index (Phi) is 4.13. The van der Waals surface area contributed by atoms with Gasteiger partial charge >= 0.3 is 5.97 Å². The van der Waals surface area contributed by atoms with E-state index in [0.717, 1.165) is 12.8 Å². The van der Waals surface area contributed by atoms with E-state index < -0.39 is 5.97 Å². The van der Waals surface area contributed by atoms with Gasteiger partial charge in [-0.2, -0.15) is 0 Å². The van der Waals surface area contributed by atoms with Gasteiger partial charge in [-0.05, 0) is 18.4 Å². The first-order chi connectivity index (χ1) is 6.68. The van der Waals surface area contributed by atoms with Crippen LogP contribution in [0.4, 0.5) is 0 Å². The SMILES string of the molecule is NC(CCc1ccccc1)CC(=O)O. The predicted molar refractivity (Wildman–Crippen MR) is 55.0 cm³/mol. The molecule has 1 aromatic carbocycles. The largest absolute Gasteiger partial charge is 0.481 e. The Hall–Kier alpha value is -1.35. The molecule has 14 heavy (non-hydrogen) atoms. The van der Waals surface area contributed by atoms with E-state index in [9.17, 15) is 4.79 Å². The quantitative estimate of drug-likeness (QED) is 0.743. The summed E-state index contributed by atoms with van der Waals surface area (Å²) in [6.45, 7) is 0. The van der Waals surface area contributed by atoms with Gasteiger partial charge in [0, 0.05) is 6.04 Å². The summed E-state index contributed by atoms with van der Waals surface area (Å²) < 4.78 is 0. The summed E-state index contributed by atoms with van der Waals surface area (Å²) in [7, 11) is 0. The predicted octanol–water partition coefficient (Wildman–Crippen LogP) is 1.42. The third-order valence-electron chi connectivity index (χ3n) is 2.08. The second-order valence-electron chi connectivity index (χ2n) is 3.38. The summed E-state index contributed by atoms with van der Waals surface area (Å²) in [5, 5.41) is 8.50. The van der Waals surface area contributed by atoms with Crippen molar-refractivity contribution in [1.82, 2.24) is 0 Å². The molecule has 3 nitrogen and oxygen atoms in total. The Labute approximate surface area is 83.6 Å². The molecule has 1 aromatic rings. The maximum absolute atomic E-state index is 10.3. The summed E-state index contributed by atoms with van der Waals surface area (Å²) in [4.78, 5) is 10.3. The van der Waals surface area contributed by atoms with Crippen LogP contribution >= 0.6 is 0 Å². The number of hydrogen-bond donors (Lipinski definition) is 2. The monoisotopic (exact) mass is 193 g/mol. The average Bonchev–Trinajstić information content (AvgIpc) is 2.15. The van der Waals surface area contributed by atoms with Gasteiger partial charge in [0.05, 0.1) is 6.42 Å². The van der Waals surface area contributed by atoms with E-state index >= 15 is 0 Å². The first kappa shape index (κ1) is 10.7.